The summed E-state index contributed by atoms with van der Waals surface area (Å²) in [6.07, 6.45) is 0.241. The number of carbonyl (C=O) groups excluding carboxylic acids is 1. The van der Waals surface area contributed by atoms with Gasteiger partial charge in [0, 0.05) is 0 Å². The van der Waals surface area contributed by atoms with Crippen molar-refractivity contribution in [2.75, 3.05) is 0 Å². The molecule has 0 radical (unpaired) electrons. The summed E-state index contributed by atoms with van der Waals surface area (Å²) in [5, 5.41) is 9.95. The summed E-state index contributed by atoms with van der Waals surface area (Å²) in [7, 11) is 0. The van der Waals surface area contributed by atoms with Gasteiger partial charge in [0.1, 0.15) is 6.04 Å². The molecule has 0 saturated heterocycles. The molecule has 0 spiro atoms. The van der Waals surface area contributed by atoms with Gasteiger partial charge < -0.3 is 10.8 Å². The number of hydrogen-bond acceptors (Lipinski definition) is 4. The number of rotatable bonds is 4. The van der Waals surface area contributed by atoms with Crippen molar-refractivity contribution >= 4 is 5.91 Å². The van der Waals surface area contributed by atoms with E-state index in [4.69, 9.17) is 5.73 Å². The van der Waals surface area contributed by atoms with Crippen LogP contribution in [-0.4, -0.2) is 20.6 Å². The van der Waals surface area contributed by atoms with Crippen LogP contribution < -0.4 is 17.0 Å². The molecule has 0 aliphatic heterocycles. The number of aromatic amines is 1. The van der Waals surface area contributed by atoms with E-state index in [0.717, 1.165) is 4.57 Å². The third-order valence-electron chi connectivity index (χ3n) is 2.77. The second kappa shape index (κ2) is 5.07. The van der Waals surface area contributed by atoms with Crippen molar-refractivity contribution in [1.29, 1.82) is 0 Å². The number of amides is 1. The Kier molecular flexibility index (Phi) is 3.95. The zero-order chi connectivity index (χ0) is 14.0. The minimum Gasteiger partial charge on any atom is -0.494 e. The zero-order valence-electron chi connectivity index (χ0n) is 10.6. The lowest BCUT2D eigenvalue weighted by atomic mass is 10.0. The van der Waals surface area contributed by atoms with E-state index >= 15 is 0 Å². The third kappa shape index (κ3) is 2.29. The molecule has 18 heavy (non-hydrogen) atoms. The van der Waals surface area contributed by atoms with Crippen LogP contribution in [0.1, 0.15) is 32.4 Å². The molecule has 100 valence electrons. The molecule has 1 atom stereocenters. The highest BCUT2D eigenvalue weighted by molar-refractivity contribution is 5.78. The smallest absolute Gasteiger partial charge is 0.331 e. The molecule has 0 fully saturated rings. The molecule has 7 heteroatoms. The number of H-pyrrole nitrogens is 1. The summed E-state index contributed by atoms with van der Waals surface area (Å²) in [5.41, 5.74) is 3.80. The first kappa shape index (κ1) is 14.0. The molecule has 1 aromatic rings. The fourth-order valence-electron chi connectivity index (χ4n) is 1.91. The van der Waals surface area contributed by atoms with Crippen molar-refractivity contribution in [3.05, 3.63) is 26.4 Å². The van der Waals surface area contributed by atoms with E-state index in [2.05, 4.69) is 4.98 Å². The number of nitrogens with one attached hydrogen (secondary N) is 1. The Labute approximate surface area is 103 Å². The topological polar surface area (TPSA) is 118 Å². The molecule has 7 nitrogen and oxygen atoms in total. The normalized spacial score (nSPS) is 12.7. The minimum atomic E-state index is -1.00. The van der Waals surface area contributed by atoms with E-state index < -0.39 is 29.1 Å². The third-order valence-corrected chi connectivity index (χ3v) is 2.77. The Morgan fingerprint density at radius 3 is 2.39 bits per heavy atom. The van der Waals surface area contributed by atoms with Gasteiger partial charge in [-0.05, 0) is 12.3 Å². The molecule has 0 bridgehead atoms. The average molecular weight is 255 g/mol. The van der Waals surface area contributed by atoms with Crippen molar-refractivity contribution in [3.63, 3.8) is 0 Å². The second-order valence-electron chi connectivity index (χ2n) is 4.38. The fourth-order valence-corrected chi connectivity index (χ4v) is 1.91. The highest BCUT2D eigenvalue weighted by atomic mass is 16.3. The SMILES string of the molecule is CCc1c(O)n(C(C(N)=O)C(C)C)c(=O)[nH]c1=O. The standard InChI is InChI=1S/C11H17N3O4/c1-4-6-9(16)13-11(18)14(10(6)17)7(5(2)3)8(12)15/h5,7,17H,4H2,1-3H3,(H2,12,15)(H,13,16,18). The van der Waals surface area contributed by atoms with Crippen LogP contribution in [0.3, 0.4) is 0 Å². The summed E-state index contributed by atoms with van der Waals surface area (Å²) in [6.45, 7) is 5.05. The number of aromatic nitrogens is 2. The molecule has 1 amide bonds. The van der Waals surface area contributed by atoms with Crippen LogP contribution in [0.15, 0.2) is 9.59 Å². The molecule has 1 rings (SSSR count). The first-order valence-electron chi connectivity index (χ1n) is 5.67. The van der Waals surface area contributed by atoms with E-state index in [1.165, 1.54) is 0 Å². The first-order valence-corrected chi connectivity index (χ1v) is 5.67. The van der Waals surface area contributed by atoms with Gasteiger partial charge >= 0.3 is 5.69 Å². The summed E-state index contributed by atoms with van der Waals surface area (Å²) >= 11 is 0. The van der Waals surface area contributed by atoms with Crippen molar-refractivity contribution in [1.82, 2.24) is 9.55 Å². The molecular formula is C11H17N3O4. The Hall–Kier alpha value is -2.05. The quantitative estimate of drug-likeness (QED) is 0.671. The maximum Gasteiger partial charge on any atom is 0.331 e. The van der Waals surface area contributed by atoms with E-state index in [-0.39, 0.29) is 17.9 Å². The van der Waals surface area contributed by atoms with Gasteiger partial charge in [0.05, 0.1) is 5.56 Å². The molecule has 0 aromatic carbocycles. The predicted octanol–water partition coefficient (Wildman–Crippen LogP) is -0.513. The van der Waals surface area contributed by atoms with Gasteiger partial charge in [-0.25, -0.2) is 4.79 Å². The monoisotopic (exact) mass is 255 g/mol. The van der Waals surface area contributed by atoms with Gasteiger partial charge in [-0.1, -0.05) is 20.8 Å². The number of aromatic hydroxyl groups is 1. The van der Waals surface area contributed by atoms with Crippen LogP contribution in [0.5, 0.6) is 5.88 Å². The van der Waals surface area contributed by atoms with Crippen LogP contribution >= 0.6 is 0 Å². The van der Waals surface area contributed by atoms with Crippen molar-refractivity contribution in [3.8, 4) is 5.88 Å². The molecule has 0 saturated carbocycles. The zero-order valence-corrected chi connectivity index (χ0v) is 10.6. The molecule has 4 N–H and O–H groups in total. The van der Waals surface area contributed by atoms with Gasteiger partial charge in [-0.2, -0.15) is 0 Å². The van der Waals surface area contributed by atoms with Crippen molar-refractivity contribution in [2.45, 2.75) is 33.2 Å². The van der Waals surface area contributed by atoms with Crippen molar-refractivity contribution < 1.29 is 9.90 Å². The summed E-state index contributed by atoms with van der Waals surface area (Å²) in [6, 6.07) is -1.00. The number of hydrogen-bond donors (Lipinski definition) is 3. The number of nitrogens with zero attached hydrogens (tertiary/aromatic N) is 1. The molecule has 1 aromatic heterocycles. The van der Waals surface area contributed by atoms with Gasteiger partial charge in [0.15, 0.2) is 0 Å². The highest BCUT2D eigenvalue weighted by Gasteiger charge is 2.27. The molecular weight excluding hydrogens is 238 g/mol. The summed E-state index contributed by atoms with van der Waals surface area (Å²) in [4.78, 5) is 36.6. The van der Waals surface area contributed by atoms with Gasteiger partial charge in [-0.3, -0.25) is 19.1 Å². The average Bonchev–Trinajstić information content (AvgIpc) is 2.23. The Morgan fingerprint density at radius 2 is 2.00 bits per heavy atom. The molecule has 1 heterocycles. The van der Waals surface area contributed by atoms with E-state index in [1.807, 2.05) is 0 Å². The van der Waals surface area contributed by atoms with E-state index in [0.29, 0.717) is 0 Å². The summed E-state index contributed by atoms with van der Waals surface area (Å²) in [5.74, 6) is -1.53. The van der Waals surface area contributed by atoms with Crippen molar-refractivity contribution in [2.24, 2.45) is 11.7 Å². The predicted molar refractivity (Wildman–Crippen MR) is 65.4 cm³/mol. The largest absolute Gasteiger partial charge is 0.494 e. The number of nitrogens with two attached hydrogens (primary N) is 1. The molecule has 1 unspecified atom stereocenters. The first-order chi connectivity index (χ1) is 8.31. The molecule has 0 aliphatic carbocycles. The van der Waals surface area contributed by atoms with Crippen LogP contribution in [0, 0.1) is 5.92 Å². The maximum absolute atomic E-state index is 11.7. The lowest BCUT2D eigenvalue weighted by molar-refractivity contribution is -0.122. The Bertz CT molecular complexity index is 571. The highest BCUT2D eigenvalue weighted by Crippen LogP contribution is 2.22. The van der Waals surface area contributed by atoms with Crippen LogP contribution in [0.25, 0.3) is 0 Å². The van der Waals surface area contributed by atoms with Gasteiger partial charge in [0.2, 0.25) is 11.8 Å². The summed E-state index contributed by atoms with van der Waals surface area (Å²) < 4.78 is 0.841. The lowest BCUT2D eigenvalue weighted by Gasteiger charge is -2.21. The Balaban J connectivity index is 3.63. The number of primary amides is 1. The van der Waals surface area contributed by atoms with Gasteiger partial charge in [0.25, 0.3) is 5.56 Å². The fraction of sp³-hybridized carbons (Fsp3) is 0.545. The number of carbonyl (C=O) groups is 1. The Morgan fingerprint density at radius 1 is 1.44 bits per heavy atom. The maximum atomic E-state index is 11.7. The lowest BCUT2D eigenvalue weighted by Crippen LogP contribution is -2.41. The van der Waals surface area contributed by atoms with Crippen LogP contribution in [0.4, 0.5) is 0 Å². The van der Waals surface area contributed by atoms with Crippen LogP contribution in [-0.2, 0) is 11.2 Å². The van der Waals surface area contributed by atoms with E-state index in [9.17, 15) is 19.5 Å². The van der Waals surface area contributed by atoms with E-state index in [1.54, 1.807) is 20.8 Å². The second-order valence-corrected chi connectivity index (χ2v) is 4.38. The molecule has 0 aliphatic rings. The van der Waals surface area contributed by atoms with Gasteiger partial charge in [-0.15, -0.1) is 0 Å². The van der Waals surface area contributed by atoms with Crippen LogP contribution in [0.2, 0.25) is 0 Å². The minimum absolute atomic E-state index is 0.0569.